The van der Waals surface area contributed by atoms with Crippen LogP contribution in [0.4, 0.5) is 5.69 Å². The van der Waals surface area contributed by atoms with Crippen molar-refractivity contribution < 1.29 is 4.79 Å². The summed E-state index contributed by atoms with van der Waals surface area (Å²) < 4.78 is 1.57. The minimum Gasteiger partial charge on any atom is -0.322 e. The average molecular weight is 335 g/mol. The quantitative estimate of drug-likeness (QED) is 0.795. The third-order valence-corrected chi connectivity index (χ3v) is 4.06. The number of aryl methyl sites for hydroxylation is 1. The van der Waals surface area contributed by atoms with E-state index in [1.54, 1.807) is 10.7 Å². The summed E-state index contributed by atoms with van der Waals surface area (Å²) in [5.74, 6) is -0.144. The van der Waals surface area contributed by atoms with Crippen molar-refractivity contribution in [2.75, 3.05) is 5.32 Å². The van der Waals surface area contributed by atoms with Gasteiger partial charge in [0.15, 0.2) is 0 Å². The molecule has 1 N–H and O–H groups in total. The number of anilines is 1. The van der Waals surface area contributed by atoms with Crippen LogP contribution in [0.1, 0.15) is 42.3 Å². The van der Waals surface area contributed by atoms with E-state index in [9.17, 15) is 4.79 Å². The van der Waals surface area contributed by atoms with E-state index in [1.807, 2.05) is 43.3 Å². The highest BCUT2D eigenvalue weighted by molar-refractivity contribution is 6.04. The van der Waals surface area contributed by atoms with Crippen molar-refractivity contribution in [3.8, 4) is 5.69 Å². The van der Waals surface area contributed by atoms with Gasteiger partial charge in [0, 0.05) is 11.3 Å². The summed E-state index contributed by atoms with van der Waals surface area (Å²) in [5, 5.41) is 14.1. The largest absolute Gasteiger partial charge is 0.322 e. The maximum absolute atomic E-state index is 12.5. The molecule has 0 saturated heterocycles. The molecular formula is C19H21N5O. The molecule has 0 spiro atoms. The van der Waals surface area contributed by atoms with E-state index in [0.717, 1.165) is 16.9 Å². The van der Waals surface area contributed by atoms with Gasteiger partial charge < -0.3 is 5.32 Å². The van der Waals surface area contributed by atoms with E-state index in [1.165, 1.54) is 11.9 Å². The molecule has 0 aliphatic rings. The van der Waals surface area contributed by atoms with E-state index in [-0.39, 0.29) is 11.3 Å². The number of benzene rings is 2. The first-order valence-corrected chi connectivity index (χ1v) is 8.10. The molecule has 3 rings (SSSR count). The third-order valence-electron chi connectivity index (χ3n) is 4.06. The second-order valence-corrected chi connectivity index (χ2v) is 7.04. The van der Waals surface area contributed by atoms with E-state index in [0.29, 0.717) is 5.56 Å². The number of aromatic nitrogens is 4. The number of nitrogens with one attached hydrogen (secondary N) is 1. The fourth-order valence-corrected chi connectivity index (χ4v) is 2.58. The fraction of sp³-hybridized carbons (Fsp3) is 0.263. The molecule has 0 atom stereocenters. The minimum absolute atomic E-state index is 0.0890. The lowest BCUT2D eigenvalue weighted by atomic mass is 9.87. The van der Waals surface area contributed by atoms with E-state index in [4.69, 9.17) is 0 Å². The summed E-state index contributed by atoms with van der Waals surface area (Å²) in [4.78, 5) is 12.5. The molecule has 1 heterocycles. The SMILES string of the molecule is Cc1cc(C(=O)Nc2ccc(C(C)(C)C)cc2)ccc1-n1cnnn1. The Morgan fingerprint density at radius 3 is 2.36 bits per heavy atom. The Morgan fingerprint density at radius 2 is 1.80 bits per heavy atom. The Bertz CT molecular complexity index is 877. The van der Waals surface area contributed by atoms with Crippen molar-refractivity contribution in [1.29, 1.82) is 0 Å². The number of amides is 1. The van der Waals surface area contributed by atoms with Crippen LogP contribution in [0.15, 0.2) is 48.8 Å². The first kappa shape index (κ1) is 16.8. The summed E-state index contributed by atoms with van der Waals surface area (Å²) in [6, 6.07) is 13.4. The Labute approximate surface area is 146 Å². The van der Waals surface area contributed by atoms with Gasteiger partial charge in [0.2, 0.25) is 0 Å². The van der Waals surface area contributed by atoms with Crippen LogP contribution >= 0.6 is 0 Å². The molecule has 0 radical (unpaired) electrons. The predicted octanol–water partition coefficient (Wildman–Crippen LogP) is 3.52. The van der Waals surface area contributed by atoms with Crippen molar-refractivity contribution >= 4 is 11.6 Å². The Hall–Kier alpha value is -3.02. The van der Waals surface area contributed by atoms with Crippen molar-refractivity contribution in [2.45, 2.75) is 33.1 Å². The number of hydrogen-bond donors (Lipinski definition) is 1. The predicted molar refractivity (Wildman–Crippen MR) is 97.0 cm³/mol. The van der Waals surface area contributed by atoms with Gasteiger partial charge in [-0.2, -0.15) is 0 Å². The highest BCUT2D eigenvalue weighted by atomic mass is 16.1. The first-order chi connectivity index (χ1) is 11.8. The monoisotopic (exact) mass is 335 g/mol. The molecule has 0 aliphatic heterocycles. The Balaban J connectivity index is 1.76. The Kier molecular flexibility index (Phi) is 4.35. The molecule has 0 aliphatic carbocycles. The van der Waals surface area contributed by atoms with E-state index < -0.39 is 0 Å². The van der Waals surface area contributed by atoms with Crippen LogP contribution in [-0.2, 0) is 5.41 Å². The third kappa shape index (κ3) is 3.74. The normalized spacial score (nSPS) is 11.4. The van der Waals surface area contributed by atoms with Crippen molar-refractivity contribution in [2.24, 2.45) is 0 Å². The molecule has 0 bridgehead atoms. The zero-order valence-electron chi connectivity index (χ0n) is 14.8. The number of hydrogen-bond acceptors (Lipinski definition) is 4. The molecule has 1 aromatic heterocycles. The molecular weight excluding hydrogens is 314 g/mol. The number of carbonyl (C=O) groups excluding carboxylic acids is 1. The van der Waals surface area contributed by atoms with Gasteiger partial charge in [-0.05, 0) is 64.2 Å². The van der Waals surface area contributed by atoms with Crippen molar-refractivity contribution in [3.05, 3.63) is 65.5 Å². The first-order valence-electron chi connectivity index (χ1n) is 8.10. The summed E-state index contributed by atoms with van der Waals surface area (Å²) in [7, 11) is 0. The average Bonchev–Trinajstić information content (AvgIpc) is 3.08. The highest BCUT2D eigenvalue weighted by Gasteiger charge is 2.14. The molecule has 0 unspecified atom stereocenters. The lowest BCUT2D eigenvalue weighted by Crippen LogP contribution is -2.14. The number of tetrazole rings is 1. The van der Waals surface area contributed by atoms with E-state index >= 15 is 0 Å². The number of rotatable bonds is 3. The molecule has 3 aromatic rings. The van der Waals surface area contributed by atoms with Gasteiger partial charge >= 0.3 is 0 Å². The van der Waals surface area contributed by atoms with Gasteiger partial charge in [0.05, 0.1) is 5.69 Å². The van der Waals surface area contributed by atoms with Crippen LogP contribution in [0.25, 0.3) is 5.69 Å². The van der Waals surface area contributed by atoms with Crippen LogP contribution in [0.2, 0.25) is 0 Å². The van der Waals surface area contributed by atoms with Crippen LogP contribution in [0, 0.1) is 6.92 Å². The minimum atomic E-state index is -0.144. The van der Waals surface area contributed by atoms with Crippen LogP contribution < -0.4 is 5.32 Å². The van der Waals surface area contributed by atoms with Crippen molar-refractivity contribution in [1.82, 2.24) is 20.2 Å². The van der Waals surface area contributed by atoms with Gasteiger partial charge in [-0.15, -0.1) is 5.10 Å². The number of carbonyl (C=O) groups is 1. The van der Waals surface area contributed by atoms with E-state index in [2.05, 4.69) is 41.6 Å². The summed E-state index contributed by atoms with van der Waals surface area (Å²) in [6.07, 6.45) is 1.53. The zero-order chi connectivity index (χ0) is 18.0. The van der Waals surface area contributed by atoms with Gasteiger partial charge in [0.25, 0.3) is 5.91 Å². The summed E-state index contributed by atoms with van der Waals surface area (Å²) in [5.41, 5.74) is 4.45. The zero-order valence-corrected chi connectivity index (χ0v) is 14.8. The van der Waals surface area contributed by atoms with Gasteiger partial charge in [-0.1, -0.05) is 32.9 Å². The molecule has 25 heavy (non-hydrogen) atoms. The maximum Gasteiger partial charge on any atom is 0.255 e. The molecule has 0 fully saturated rings. The standard InChI is InChI=1S/C19H21N5O/c1-13-11-14(5-10-17(13)24-12-20-22-23-24)18(25)21-16-8-6-15(7-9-16)19(2,3)4/h5-12H,1-4H3,(H,21,25). The van der Waals surface area contributed by atoms with Crippen LogP contribution in [-0.4, -0.2) is 26.1 Å². The highest BCUT2D eigenvalue weighted by Crippen LogP contribution is 2.24. The summed E-state index contributed by atoms with van der Waals surface area (Å²) >= 11 is 0. The molecule has 128 valence electrons. The summed E-state index contributed by atoms with van der Waals surface area (Å²) in [6.45, 7) is 8.41. The molecule has 6 nitrogen and oxygen atoms in total. The molecule has 2 aromatic carbocycles. The Morgan fingerprint density at radius 1 is 1.08 bits per heavy atom. The molecule has 0 saturated carbocycles. The van der Waals surface area contributed by atoms with Gasteiger partial charge in [-0.25, -0.2) is 4.68 Å². The van der Waals surface area contributed by atoms with Gasteiger partial charge in [-0.3, -0.25) is 4.79 Å². The fourth-order valence-electron chi connectivity index (χ4n) is 2.58. The van der Waals surface area contributed by atoms with Gasteiger partial charge in [0.1, 0.15) is 6.33 Å². The van der Waals surface area contributed by atoms with Crippen molar-refractivity contribution in [3.63, 3.8) is 0 Å². The smallest absolute Gasteiger partial charge is 0.255 e. The molecule has 1 amide bonds. The van der Waals surface area contributed by atoms with Crippen LogP contribution in [0.3, 0.4) is 0 Å². The molecule has 6 heteroatoms. The second kappa shape index (κ2) is 6.47. The lowest BCUT2D eigenvalue weighted by molar-refractivity contribution is 0.102. The van der Waals surface area contributed by atoms with Crippen LogP contribution in [0.5, 0.6) is 0 Å². The lowest BCUT2D eigenvalue weighted by Gasteiger charge is -2.19. The second-order valence-electron chi connectivity index (χ2n) is 7.04. The topological polar surface area (TPSA) is 72.7 Å². The maximum atomic E-state index is 12.5. The number of nitrogens with zero attached hydrogens (tertiary/aromatic N) is 4.